The highest BCUT2D eigenvalue weighted by atomic mass is 16.6. The third-order valence-corrected chi connectivity index (χ3v) is 6.32. The molecule has 0 fully saturated rings. The topological polar surface area (TPSA) is 108 Å². The number of hydrogen-bond donors (Lipinski definition) is 0. The number of hydrogen-bond acceptors (Lipinski definition) is 6. The number of carbonyl (C=O) groups excluding carboxylic acids is 1. The standard InChI is InChI=1S/C30H30N4O5/c1-4-20-32(28(35)19-12-22-10-13-24(14-11-22)34(37)38)21(3)29-31-27-9-7-6-8-26(27)30(36)33(29)23-15-17-25(18-16-23)39-5-2/h6-19,21H,4-5,20H2,1-3H3/b19-12+. The molecule has 0 N–H and O–H groups in total. The molecule has 3 aromatic carbocycles. The third kappa shape index (κ3) is 6.04. The van der Waals surface area contributed by atoms with Gasteiger partial charge in [0.2, 0.25) is 5.91 Å². The number of nitro groups is 1. The average molecular weight is 527 g/mol. The predicted molar refractivity (Wildman–Crippen MR) is 151 cm³/mol. The van der Waals surface area contributed by atoms with E-state index in [0.29, 0.717) is 53.3 Å². The predicted octanol–water partition coefficient (Wildman–Crippen LogP) is 5.71. The van der Waals surface area contributed by atoms with E-state index in [1.165, 1.54) is 18.2 Å². The first kappa shape index (κ1) is 27.3. The minimum absolute atomic E-state index is 0.0191. The van der Waals surface area contributed by atoms with E-state index in [1.54, 1.807) is 70.1 Å². The SMILES string of the molecule is CCCN(C(=O)/C=C/c1ccc([N+](=O)[O-])cc1)C(C)c1nc2ccccc2c(=O)n1-c1ccc(OCC)cc1. The first-order valence-corrected chi connectivity index (χ1v) is 12.8. The van der Waals surface area contributed by atoms with Crippen molar-refractivity contribution in [2.45, 2.75) is 33.2 Å². The second kappa shape index (κ2) is 12.2. The molecule has 0 aliphatic carbocycles. The largest absolute Gasteiger partial charge is 0.494 e. The smallest absolute Gasteiger partial charge is 0.269 e. The third-order valence-electron chi connectivity index (χ3n) is 6.32. The maximum absolute atomic E-state index is 13.7. The number of fused-ring (bicyclic) bond motifs is 1. The van der Waals surface area contributed by atoms with Crippen molar-refractivity contribution in [3.8, 4) is 11.4 Å². The van der Waals surface area contributed by atoms with Gasteiger partial charge in [-0.2, -0.15) is 0 Å². The minimum Gasteiger partial charge on any atom is -0.494 e. The fourth-order valence-electron chi connectivity index (χ4n) is 4.38. The van der Waals surface area contributed by atoms with E-state index in [0.717, 1.165) is 0 Å². The molecule has 0 aliphatic heterocycles. The molecule has 0 spiro atoms. The van der Waals surface area contributed by atoms with Gasteiger partial charge in [0.1, 0.15) is 11.6 Å². The van der Waals surface area contributed by atoms with Crippen LogP contribution in [0, 0.1) is 10.1 Å². The molecule has 0 bridgehead atoms. The lowest BCUT2D eigenvalue weighted by atomic mass is 10.1. The lowest BCUT2D eigenvalue weighted by molar-refractivity contribution is -0.384. The number of aromatic nitrogens is 2. The quantitative estimate of drug-likeness (QED) is 0.149. The van der Waals surface area contributed by atoms with Gasteiger partial charge in [-0.1, -0.05) is 19.1 Å². The summed E-state index contributed by atoms with van der Waals surface area (Å²) in [5.74, 6) is 0.869. The van der Waals surface area contributed by atoms with Gasteiger partial charge in [-0.15, -0.1) is 0 Å². The van der Waals surface area contributed by atoms with E-state index < -0.39 is 11.0 Å². The first-order valence-electron chi connectivity index (χ1n) is 12.8. The summed E-state index contributed by atoms with van der Waals surface area (Å²) in [4.78, 5) is 44.1. The van der Waals surface area contributed by atoms with Crippen molar-refractivity contribution in [2.75, 3.05) is 13.2 Å². The number of non-ortho nitro benzene ring substituents is 1. The van der Waals surface area contributed by atoms with Crippen LogP contribution in [0.15, 0.2) is 83.7 Å². The van der Waals surface area contributed by atoms with E-state index in [9.17, 15) is 19.7 Å². The van der Waals surface area contributed by atoms with Gasteiger partial charge in [0, 0.05) is 24.8 Å². The summed E-state index contributed by atoms with van der Waals surface area (Å²) in [6.45, 7) is 6.70. The van der Waals surface area contributed by atoms with Crippen LogP contribution in [0.3, 0.4) is 0 Å². The zero-order valence-electron chi connectivity index (χ0n) is 22.1. The zero-order chi connectivity index (χ0) is 27.9. The van der Waals surface area contributed by atoms with Crippen molar-refractivity contribution in [2.24, 2.45) is 0 Å². The van der Waals surface area contributed by atoms with Crippen LogP contribution in [-0.2, 0) is 4.79 Å². The summed E-state index contributed by atoms with van der Waals surface area (Å²) in [5.41, 5.74) is 1.59. The number of amides is 1. The van der Waals surface area contributed by atoms with Gasteiger partial charge in [-0.05, 0) is 80.4 Å². The lowest BCUT2D eigenvalue weighted by Gasteiger charge is -2.29. The number of nitrogens with zero attached hydrogens (tertiary/aromatic N) is 4. The monoisotopic (exact) mass is 526 g/mol. The van der Waals surface area contributed by atoms with E-state index in [1.807, 2.05) is 26.8 Å². The van der Waals surface area contributed by atoms with E-state index >= 15 is 0 Å². The van der Waals surface area contributed by atoms with Gasteiger partial charge in [0.25, 0.3) is 11.2 Å². The molecule has 1 heterocycles. The number of ether oxygens (including phenoxy) is 1. The Hall–Kier alpha value is -4.79. The van der Waals surface area contributed by atoms with Gasteiger partial charge in [0.05, 0.1) is 34.2 Å². The Bertz CT molecular complexity index is 1560. The van der Waals surface area contributed by atoms with Crippen LogP contribution in [0.2, 0.25) is 0 Å². The number of rotatable bonds is 10. The van der Waals surface area contributed by atoms with Crippen LogP contribution < -0.4 is 10.3 Å². The molecule has 9 nitrogen and oxygen atoms in total. The van der Waals surface area contributed by atoms with Gasteiger partial charge >= 0.3 is 0 Å². The fourth-order valence-corrected chi connectivity index (χ4v) is 4.38. The maximum Gasteiger partial charge on any atom is 0.269 e. The van der Waals surface area contributed by atoms with Crippen LogP contribution in [0.4, 0.5) is 5.69 Å². The molecule has 200 valence electrons. The van der Waals surface area contributed by atoms with E-state index in [2.05, 4.69) is 0 Å². The molecule has 0 aliphatic rings. The van der Waals surface area contributed by atoms with E-state index in [-0.39, 0.29) is 17.2 Å². The zero-order valence-corrected chi connectivity index (χ0v) is 22.1. The average Bonchev–Trinajstić information content (AvgIpc) is 2.95. The Kier molecular flexibility index (Phi) is 8.50. The summed E-state index contributed by atoms with van der Waals surface area (Å²) in [5, 5.41) is 11.4. The second-order valence-electron chi connectivity index (χ2n) is 8.94. The maximum atomic E-state index is 13.7. The van der Waals surface area contributed by atoms with Crippen LogP contribution >= 0.6 is 0 Å². The van der Waals surface area contributed by atoms with Crippen molar-refractivity contribution in [1.82, 2.24) is 14.5 Å². The molecule has 0 radical (unpaired) electrons. The number of benzene rings is 3. The number of nitro benzene ring substituents is 1. The van der Waals surface area contributed by atoms with Crippen molar-refractivity contribution < 1.29 is 14.5 Å². The minimum atomic E-state index is -0.539. The number of carbonyl (C=O) groups is 1. The Balaban J connectivity index is 1.75. The van der Waals surface area contributed by atoms with Crippen molar-refractivity contribution in [3.05, 3.63) is 111 Å². The van der Waals surface area contributed by atoms with Gasteiger partial charge in [-0.3, -0.25) is 24.3 Å². The molecule has 1 amide bonds. The molecule has 4 aromatic rings. The normalized spacial score (nSPS) is 12.0. The van der Waals surface area contributed by atoms with Crippen molar-refractivity contribution in [3.63, 3.8) is 0 Å². The summed E-state index contributed by atoms with van der Waals surface area (Å²) in [6.07, 6.45) is 3.75. The Morgan fingerprint density at radius 3 is 2.41 bits per heavy atom. The molecular formula is C30H30N4O5. The highest BCUT2D eigenvalue weighted by Gasteiger charge is 2.25. The molecule has 0 saturated heterocycles. The molecule has 1 aromatic heterocycles. The summed E-state index contributed by atoms with van der Waals surface area (Å²) in [7, 11) is 0. The molecule has 1 unspecified atom stereocenters. The van der Waals surface area contributed by atoms with Gasteiger partial charge < -0.3 is 9.64 Å². The van der Waals surface area contributed by atoms with Crippen LogP contribution in [0.1, 0.15) is 44.6 Å². The summed E-state index contributed by atoms with van der Waals surface area (Å²) >= 11 is 0. The first-order chi connectivity index (χ1) is 18.8. The van der Waals surface area contributed by atoms with Crippen molar-refractivity contribution >= 4 is 28.6 Å². The molecule has 0 saturated carbocycles. The molecule has 9 heteroatoms. The Morgan fingerprint density at radius 2 is 1.77 bits per heavy atom. The summed E-state index contributed by atoms with van der Waals surface area (Å²) < 4.78 is 7.12. The summed E-state index contributed by atoms with van der Waals surface area (Å²) in [6, 6.07) is 19.8. The molecule has 4 rings (SSSR count). The van der Waals surface area contributed by atoms with Gasteiger partial charge in [-0.25, -0.2) is 4.98 Å². The Morgan fingerprint density at radius 1 is 1.08 bits per heavy atom. The van der Waals surface area contributed by atoms with Crippen LogP contribution in [0.5, 0.6) is 5.75 Å². The highest BCUT2D eigenvalue weighted by Crippen LogP contribution is 2.25. The second-order valence-corrected chi connectivity index (χ2v) is 8.94. The fraction of sp³-hybridized carbons (Fsp3) is 0.233. The van der Waals surface area contributed by atoms with Crippen LogP contribution in [-0.4, -0.2) is 38.4 Å². The van der Waals surface area contributed by atoms with Crippen molar-refractivity contribution in [1.29, 1.82) is 0 Å². The molecule has 1 atom stereocenters. The number of para-hydroxylation sites is 1. The molecular weight excluding hydrogens is 496 g/mol. The Labute approximate surface area is 226 Å². The molecule has 39 heavy (non-hydrogen) atoms. The highest BCUT2D eigenvalue weighted by molar-refractivity contribution is 5.92. The van der Waals surface area contributed by atoms with Crippen LogP contribution in [0.25, 0.3) is 22.7 Å². The van der Waals surface area contributed by atoms with Gasteiger partial charge in [0.15, 0.2) is 0 Å². The van der Waals surface area contributed by atoms with E-state index in [4.69, 9.17) is 9.72 Å². The lowest BCUT2D eigenvalue weighted by Crippen LogP contribution is -2.37.